The molecule has 0 aromatic heterocycles. The highest BCUT2D eigenvalue weighted by atomic mass is 35.5. The molecule has 2 nitrogen and oxygen atoms in total. The third kappa shape index (κ3) is 2.27. The summed E-state index contributed by atoms with van der Waals surface area (Å²) in [5.41, 5.74) is 12.0. The van der Waals surface area contributed by atoms with Crippen molar-refractivity contribution in [3.05, 3.63) is 69.2 Å². The van der Waals surface area contributed by atoms with Crippen LogP contribution in [0.5, 0.6) is 0 Å². The smallest absolute Gasteiger partial charge is 0.0725 e. The van der Waals surface area contributed by atoms with Gasteiger partial charge in [-0.3, -0.25) is 0 Å². The van der Waals surface area contributed by atoms with Gasteiger partial charge in [0.15, 0.2) is 0 Å². The van der Waals surface area contributed by atoms with Crippen molar-refractivity contribution in [1.82, 2.24) is 0 Å². The summed E-state index contributed by atoms with van der Waals surface area (Å²) >= 11 is 6.35. The number of nitrogens with two attached hydrogens (primary N) is 1. The van der Waals surface area contributed by atoms with Gasteiger partial charge in [0, 0.05) is 5.02 Å². The molecule has 1 heterocycles. The van der Waals surface area contributed by atoms with E-state index in [2.05, 4.69) is 18.2 Å². The Morgan fingerprint density at radius 1 is 1.16 bits per heavy atom. The average molecular weight is 274 g/mol. The van der Waals surface area contributed by atoms with Gasteiger partial charge in [0.2, 0.25) is 0 Å². The summed E-state index contributed by atoms with van der Waals surface area (Å²) in [6.07, 6.45) is 0. The number of halogens is 1. The van der Waals surface area contributed by atoms with Crippen LogP contribution in [0.2, 0.25) is 5.02 Å². The molecule has 1 aliphatic rings. The monoisotopic (exact) mass is 273 g/mol. The SMILES string of the molecule is Cc1cccc(C(N)c2ccc3c(c2)COC3)c1Cl. The van der Waals surface area contributed by atoms with Crippen LogP contribution in [0.1, 0.15) is 33.9 Å². The summed E-state index contributed by atoms with van der Waals surface area (Å²) in [6, 6.07) is 12.1. The van der Waals surface area contributed by atoms with Crippen molar-refractivity contribution in [3.63, 3.8) is 0 Å². The lowest BCUT2D eigenvalue weighted by atomic mass is 9.95. The largest absolute Gasteiger partial charge is 0.372 e. The van der Waals surface area contributed by atoms with E-state index in [4.69, 9.17) is 22.1 Å². The number of ether oxygens (including phenoxy) is 1. The predicted molar refractivity (Wildman–Crippen MR) is 77.2 cm³/mol. The van der Waals surface area contributed by atoms with Crippen LogP contribution in [0.15, 0.2) is 36.4 Å². The zero-order chi connectivity index (χ0) is 13.4. The van der Waals surface area contributed by atoms with Gasteiger partial charge in [0.25, 0.3) is 0 Å². The fourth-order valence-electron chi connectivity index (χ4n) is 2.48. The fourth-order valence-corrected chi connectivity index (χ4v) is 2.72. The van der Waals surface area contributed by atoms with Crippen molar-refractivity contribution in [3.8, 4) is 0 Å². The van der Waals surface area contributed by atoms with E-state index in [9.17, 15) is 0 Å². The number of aryl methyl sites for hydroxylation is 1. The number of fused-ring (bicyclic) bond motifs is 1. The van der Waals surface area contributed by atoms with Gasteiger partial charge in [-0.2, -0.15) is 0 Å². The standard InChI is InChI=1S/C16H16ClNO/c1-10-3-2-4-14(15(10)17)16(18)11-5-6-12-8-19-9-13(12)7-11/h2-7,16H,8-9,18H2,1H3. The van der Waals surface area contributed by atoms with Gasteiger partial charge in [-0.15, -0.1) is 0 Å². The van der Waals surface area contributed by atoms with Crippen molar-refractivity contribution in [2.24, 2.45) is 5.73 Å². The van der Waals surface area contributed by atoms with Gasteiger partial charge >= 0.3 is 0 Å². The van der Waals surface area contributed by atoms with Crippen LogP contribution >= 0.6 is 11.6 Å². The molecule has 2 aromatic rings. The number of hydrogen-bond acceptors (Lipinski definition) is 2. The van der Waals surface area contributed by atoms with Gasteiger partial charge < -0.3 is 10.5 Å². The lowest BCUT2D eigenvalue weighted by molar-refractivity contribution is 0.134. The van der Waals surface area contributed by atoms with Crippen LogP contribution in [0.4, 0.5) is 0 Å². The Hall–Kier alpha value is -1.35. The molecule has 0 saturated carbocycles. The molecule has 2 aromatic carbocycles. The van der Waals surface area contributed by atoms with E-state index in [-0.39, 0.29) is 6.04 Å². The van der Waals surface area contributed by atoms with E-state index < -0.39 is 0 Å². The zero-order valence-corrected chi connectivity index (χ0v) is 11.6. The Morgan fingerprint density at radius 2 is 1.95 bits per heavy atom. The first-order chi connectivity index (χ1) is 9.16. The van der Waals surface area contributed by atoms with Gasteiger partial charge in [-0.05, 0) is 34.7 Å². The molecule has 98 valence electrons. The van der Waals surface area contributed by atoms with Crippen LogP contribution < -0.4 is 5.73 Å². The molecule has 0 fully saturated rings. The van der Waals surface area contributed by atoms with Crippen molar-refractivity contribution in [1.29, 1.82) is 0 Å². The summed E-state index contributed by atoms with van der Waals surface area (Å²) < 4.78 is 5.43. The molecule has 0 saturated heterocycles. The van der Waals surface area contributed by atoms with Crippen LogP contribution in [0, 0.1) is 6.92 Å². The second kappa shape index (κ2) is 4.97. The van der Waals surface area contributed by atoms with E-state index in [0.29, 0.717) is 13.2 Å². The maximum Gasteiger partial charge on any atom is 0.0725 e. The predicted octanol–water partition coefficient (Wildman–Crippen LogP) is 3.73. The summed E-state index contributed by atoms with van der Waals surface area (Å²) in [5, 5.41) is 0.756. The van der Waals surface area contributed by atoms with E-state index in [1.165, 1.54) is 11.1 Å². The first-order valence-electron chi connectivity index (χ1n) is 6.37. The highest BCUT2D eigenvalue weighted by molar-refractivity contribution is 6.32. The summed E-state index contributed by atoms with van der Waals surface area (Å²) in [6.45, 7) is 3.38. The van der Waals surface area contributed by atoms with E-state index >= 15 is 0 Å². The summed E-state index contributed by atoms with van der Waals surface area (Å²) in [7, 11) is 0. The molecule has 1 aliphatic heterocycles. The van der Waals surface area contributed by atoms with Crippen LogP contribution in [-0.4, -0.2) is 0 Å². The molecule has 1 unspecified atom stereocenters. The molecule has 0 radical (unpaired) electrons. The van der Waals surface area contributed by atoms with Crippen molar-refractivity contribution < 1.29 is 4.74 Å². The fraction of sp³-hybridized carbons (Fsp3) is 0.250. The maximum atomic E-state index is 6.35. The molecule has 0 spiro atoms. The minimum atomic E-state index is -0.196. The molecule has 2 N–H and O–H groups in total. The molecule has 1 atom stereocenters. The lowest BCUT2D eigenvalue weighted by Gasteiger charge is -2.16. The lowest BCUT2D eigenvalue weighted by Crippen LogP contribution is -2.13. The second-order valence-electron chi connectivity index (χ2n) is 4.98. The molecule has 3 rings (SSSR count). The molecule has 0 bridgehead atoms. The number of hydrogen-bond donors (Lipinski definition) is 1. The van der Waals surface area contributed by atoms with E-state index in [0.717, 1.165) is 21.7 Å². The highest BCUT2D eigenvalue weighted by Crippen LogP contribution is 2.31. The Balaban J connectivity index is 2.00. The second-order valence-corrected chi connectivity index (χ2v) is 5.35. The van der Waals surface area contributed by atoms with Crippen LogP contribution in [0.3, 0.4) is 0 Å². The molecule has 0 amide bonds. The highest BCUT2D eigenvalue weighted by Gasteiger charge is 2.17. The quantitative estimate of drug-likeness (QED) is 0.905. The van der Waals surface area contributed by atoms with Crippen molar-refractivity contribution in [2.45, 2.75) is 26.2 Å². The molecule has 19 heavy (non-hydrogen) atoms. The minimum absolute atomic E-state index is 0.196. The third-order valence-electron chi connectivity index (χ3n) is 3.66. The summed E-state index contributed by atoms with van der Waals surface area (Å²) in [4.78, 5) is 0. The minimum Gasteiger partial charge on any atom is -0.372 e. The zero-order valence-electron chi connectivity index (χ0n) is 10.8. The first kappa shape index (κ1) is 12.7. The third-order valence-corrected chi connectivity index (χ3v) is 4.18. The average Bonchev–Trinajstić information content (AvgIpc) is 2.88. The van der Waals surface area contributed by atoms with Gasteiger partial charge in [0.05, 0.1) is 19.3 Å². The van der Waals surface area contributed by atoms with E-state index in [1.54, 1.807) is 0 Å². The van der Waals surface area contributed by atoms with Gasteiger partial charge in [-0.25, -0.2) is 0 Å². The molecule has 0 aliphatic carbocycles. The number of benzene rings is 2. The Bertz CT molecular complexity index is 624. The molecule has 3 heteroatoms. The van der Waals surface area contributed by atoms with Crippen LogP contribution in [0.25, 0.3) is 0 Å². The van der Waals surface area contributed by atoms with Gasteiger partial charge in [-0.1, -0.05) is 48.0 Å². The topological polar surface area (TPSA) is 35.2 Å². The van der Waals surface area contributed by atoms with Crippen molar-refractivity contribution in [2.75, 3.05) is 0 Å². The molecular formula is C16H16ClNO. The molecular weight excluding hydrogens is 258 g/mol. The maximum absolute atomic E-state index is 6.35. The van der Waals surface area contributed by atoms with Crippen LogP contribution in [-0.2, 0) is 18.0 Å². The van der Waals surface area contributed by atoms with E-state index in [1.807, 2.05) is 25.1 Å². The normalized spacial score (nSPS) is 15.3. The first-order valence-corrected chi connectivity index (χ1v) is 6.74. The van der Waals surface area contributed by atoms with Gasteiger partial charge in [0.1, 0.15) is 0 Å². The van der Waals surface area contributed by atoms with Crippen molar-refractivity contribution >= 4 is 11.6 Å². The Labute approximate surface area is 118 Å². The Kier molecular flexibility index (Phi) is 3.31. The Morgan fingerprint density at radius 3 is 2.79 bits per heavy atom. The summed E-state index contributed by atoms with van der Waals surface area (Å²) in [5.74, 6) is 0. The number of rotatable bonds is 2.